The van der Waals surface area contributed by atoms with E-state index in [1.807, 2.05) is 20.8 Å². The van der Waals surface area contributed by atoms with Gasteiger partial charge in [0.2, 0.25) is 5.91 Å². The van der Waals surface area contributed by atoms with E-state index in [0.29, 0.717) is 0 Å². The van der Waals surface area contributed by atoms with Crippen molar-refractivity contribution in [3.8, 4) is 6.07 Å². The lowest BCUT2D eigenvalue weighted by molar-refractivity contribution is -0.125. The summed E-state index contributed by atoms with van der Waals surface area (Å²) in [5.41, 5.74) is 4.59. The molecule has 0 unspecified atom stereocenters. The van der Waals surface area contributed by atoms with Gasteiger partial charge in [-0.25, -0.2) is 0 Å². The molecule has 2 atom stereocenters. The van der Waals surface area contributed by atoms with E-state index in [1.54, 1.807) is 0 Å². The van der Waals surface area contributed by atoms with Crippen LogP contribution in [0.5, 0.6) is 0 Å². The van der Waals surface area contributed by atoms with Crippen LogP contribution in [-0.4, -0.2) is 5.91 Å². The molecule has 2 N–H and O–H groups in total. The molecule has 1 amide bonds. The summed E-state index contributed by atoms with van der Waals surface area (Å²) in [4.78, 5) is 11.1. The summed E-state index contributed by atoms with van der Waals surface area (Å²) in [6, 6.07) is 2.31. The maximum atomic E-state index is 11.1. The molecule has 0 aromatic heterocycles. The largest absolute Gasteiger partial charge is 0.369 e. The molecule has 1 aliphatic carbocycles. The van der Waals surface area contributed by atoms with Gasteiger partial charge in [0, 0.05) is 5.92 Å². The van der Waals surface area contributed by atoms with Gasteiger partial charge in [-0.2, -0.15) is 5.26 Å². The second-order valence-electron chi connectivity index (χ2n) is 4.66. The van der Waals surface area contributed by atoms with Gasteiger partial charge in [0.05, 0.1) is 11.5 Å². The number of primary amides is 1. The Balaban J connectivity index is 3.04. The first-order chi connectivity index (χ1) is 5.85. The molecule has 1 saturated carbocycles. The molecule has 0 aromatic rings. The van der Waals surface area contributed by atoms with Gasteiger partial charge in [-0.05, 0) is 25.2 Å². The first-order valence-corrected chi connectivity index (χ1v) is 4.56. The summed E-state index contributed by atoms with van der Waals surface area (Å²) in [5.74, 6) is -0.430. The zero-order chi connectivity index (χ0) is 10.3. The SMILES string of the molecule is CC1(C)[C@@H](C(N)=O)CC[C@@]1(C)C#N. The average molecular weight is 180 g/mol. The van der Waals surface area contributed by atoms with E-state index in [-0.39, 0.29) is 17.2 Å². The van der Waals surface area contributed by atoms with Crippen LogP contribution >= 0.6 is 0 Å². The molecule has 1 rings (SSSR count). The van der Waals surface area contributed by atoms with Gasteiger partial charge in [0.25, 0.3) is 0 Å². The van der Waals surface area contributed by atoms with Gasteiger partial charge in [-0.15, -0.1) is 0 Å². The van der Waals surface area contributed by atoms with Crippen molar-refractivity contribution in [2.24, 2.45) is 22.5 Å². The van der Waals surface area contributed by atoms with Crippen LogP contribution in [0.2, 0.25) is 0 Å². The van der Waals surface area contributed by atoms with Crippen molar-refractivity contribution < 1.29 is 4.79 Å². The molecule has 0 saturated heterocycles. The summed E-state index contributed by atoms with van der Waals surface area (Å²) in [6.07, 6.45) is 1.51. The average Bonchev–Trinajstić information content (AvgIpc) is 2.24. The normalized spacial score (nSPS) is 36.9. The Morgan fingerprint density at radius 3 is 2.31 bits per heavy atom. The van der Waals surface area contributed by atoms with Crippen molar-refractivity contribution in [2.75, 3.05) is 0 Å². The lowest BCUT2D eigenvalue weighted by atomic mass is 9.66. The maximum Gasteiger partial charge on any atom is 0.221 e. The molecular formula is C10H16N2O. The fourth-order valence-corrected chi connectivity index (χ4v) is 2.20. The van der Waals surface area contributed by atoms with Crippen LogP contribution in [-0.2, 0) is 4.79 Å². The molecule has 0 heterocycles. The Morgan fingerprint density at radius 1 is 1.54 bits per heavy atom. The van der Waals surface area contributed by atoms with E-state index < -0.39 is 5.41 Å². The zero-order valence-corrected chi connectivity index (χ0v) is 8.42. The zero-order valence-electron chi connectivity index (χ0n) is 8.42. The van der Waals surface area contributed by atoms with Gasteiger partial charge in [0.1, 0.15) is 0 Å². The summed E-state index contributed by atoms with van der Waals surface area (Å²) >= 11 is 0. The number of nitrogens with zero attached hydrogens (tertiary/aromatic N) is 1. The Bertz CT molecular complexity index is 277. The molecule has 0 bridgehead atoms. The summed E-state index contributed by atoms with van der Waals surface area (Å²) in [5, 5.41) is 9.06. The molecule has 0 aromatic carbocycles. The molecule has 0 radical (unpaired) electrons. The molecule has 3 heteroatoms. The van der Waals surface area contributed by atoms with Crippen LogP contribution in [0.1, 0.15) is 33.6 Å². The van der Waals surface area contributed by atoms with Gasteiger partial charge in [-0.3, -0.25) is 4.79 Å². The van der Waals surface area contributed by atoms with Crippen molar-refractivity contribution in [2.45, 2.75) is 33.6 Å². The van der Waals surface area contributed by atoms with E-state index >= 15 is 0 Å². The molecule has 0 spiro atoms. The minimum absolute atomic E-state index is 0.155. The summed E-state index contributed by atoms with van der Waals surface area (Å²) in [7, 11) is 0. The van der Waals surface area contributed by atoms with Gasteiger partial charge >= 0.3 is 0 Å². The second kappa shape index (κ2) is 2.73. The lowest BCUT2D eigenvalue weighted by Gasteiger charge is -2.35. The number of hydrogen-bond acceptors (Lipinski definition) is 2. The maximum absolute atomic E-state index is 11.1. The molecule has 13 heavy (non-hydrogen) atoms. The van der Waals surface area contributed by atoms with Gasteiger partial charge in [-0.1, -0.05) is 13.8 Å². The highest BCUT2D eigenvalue weighted by atomic mass is 16.1. The topological polar surface area (TPSA) is 66.9 Å². The van der Waals surface area contributed by atoms with E-state index in [0.717, 1.165) is 12.8 Å². The number of nitriles is 1. The predicted molar refractivity (Wildman–Crippen MR) is 49.4 cm³/mol. The number of hydrogen-bond donors (Lipinski definition) is 1. The van der Waals surface area contributed by atoms with Crippen molar-refractivity contribution in [1.29, 1.82) is 5.26 Å². The van der Waals surface area contributed by atoms with E-state index in [1.165, 1.54) is 0 Å². The standard InChI is InChI=1S/C10H16N2O/c1-9(2)7(8(12)13)4-5-10(9,3)6-11/h7H,4-5H2,1-3H3,(H2,12,13)/t7-,10+/m1/s1. The van der Waals surface area contributed by atoms with Gasteiger partial charge in [0.15, 0.2) is 0 Å². The number of rotatable bonds is 1. The van der Waals surface area contributed by atoms with E-state index in [2.05, 4.69) is 6.07 Å². The van der Waals surface area contributed by atoms with Crippen LogP contribution in [0, 0.1) is 28.1 Å². The van der Waals surface area contributed by atoms with Crippen LogP contribution < -0.4 is 5.73 Å². The number of nitrogens with two attached hydrogens (primary N) is 1. The van der Waals surface area contributed by atoms with E-state index in [9.17, 15) is 4.79 Å². The molecule has 72 valence electrons. The highest BCUT2D eigenvalue weighted by molar-refractivity contribution is 5.78. The highest BCUT2D eigenvalue weighted by Gasteiger charge is 2.53. The first-order valence-electron chi connectivity index (χ1n) is 4.56. The Kier molecular flexibility index (Phi) is 2.11. The smallest absolute Gasteiger partial charge is 0.221 e. The molecular weight excluding hydrogens is 164 g/mol. The van der Waals surface area contributed by atoms with Crippen molar-refractivity contribution in [3.05, 3.63) is 0 Å². The minimum Gasteiger partial charge on any atom is -0.369 e. The Hall–Kier alpha value is -1.04. The summed E-state index contributed by atoms with van der Waals surface area (Å²) < 4.78 is 0. The predicted octanol–water partition coefficient (Wildman–Crippen LogP) is 1.44. The Morgan fingerprint density at radius 2 is 2.08 bits per heavy atom. The highest BCUT2D eigenvalue weighted by Crippen LogP contribution is 2.55. The van der Waals surface area contributed by atoms with Crippen LogP contribution in [0.15, 0.2) is 0 Å². The van der Waals surface area contributed by atoms with Crippen molar-refractivity contribution in [1.82, 2.24) is 0 Å². The first kappa shape index (κ1) is 10.0. The fraction of sp³-hybridized carbons (Fsp3) is 0.800. The third-order valence-electron chi connectivity index (χ3n) is 3.82. The van der Waals surface area contributed by atoms with Crippen LogP contribution in [0.3, 0.4) is 0 Å². The monoisotopic (exact) mass is 180 g/mol. The lowest BCUT2D eigenvalue weighted by Crippen LogP contribution is -2.39. The minimum atomic E-state index is -0.410. The molecule has 0 aliphatic heterocycles. The van der Waals surface area contributed by atoms with Crippen LogP contribution in [0.25, 0.3) is 0 Å². The second-order valence-corrected chi connectivity index (χ2v) is 4.66. The fourth-order valence-electron chi connectivity index (χ4n) is 2.20. The Labute approximate surface area is 78.9 Å². The third kappa shape index (κ3) is 1.21. The van der Waals surface area contributed by atoms with Crippen LogP contribution in [0.4, 0.5) is 0 Å². The number of carbonyl (C=O) groups excluding carboxylic acids is 1. The molecule has 3 nitrogen and oxygen atoms in total. The van der Waals surface area contributed by atoms with Crippen molar-refractivity contribution >= 4 is 5.91 Å². The van der Waals surface area contributed by atoms with Gasteiger partial charge < -0.3 is 5.73 Å². The quantitative estimate of drug-likeness (QED) is 0.663. The third-order valence-corrected chi connectivity index (χ3v) is 3.82. The molecule has 1 aliphatic rings. The van der Waals surface area contributed by atoms with Crippen molar-refractivity contribution in [3.63, 3.8) is 0 Å². The summed E-state index contributed by atoms with van der Waals surface area (Å²) in [6.45, 7) is 5.83. The number of carbonyl (C=O) groups is 1. The molecule has 1 fully saturated rings. The number of amides is 1. The van der Waals surface area contributed by atoms with E-state index in [4.69, 9.17) is 11.0 Å².